The first-order valence-corrected chi connectivity index (χ1v) is 2.52. The predicted molar refractivity (Wildman–Crippen MR) is 32.7 cm³/mol. The third-order valence-corrected chi connectivity index (χ3v) is 0.951. The lowest BCUT2D eigenvalue weighted by Crippen LogP contribution is -1.99. The van der Waals surface area contributed by atoms with Gasteiger partial charge in [-0.3, -0.25) is 4.79 Å². The molecule has 0 aliphatic heterocycles. The van der Waals surface area contributed by atoms with Crippen molar-refractivity contribution in [3.63, 3.8) is 0 Å². The SMILES string of the molecule is O=[C]C(=NO)c1ccco1. The molecule has 0 bridgehead atoms. The average Bonchev–Trinajstić information content (AvgIpc) is 2.43. The molecular weight excluding hydrogens is 134 g/mol. The number of oxime groups is 1. The van der Waals surface area contributed by atoms with Crippen molar-refractivity contribution in [2.45, 2.75) is 0 Å². The molecule has 0 aliphatic carbocycles. The second-order valence-electron chi connectivity index (χ2n) is 1.53. The van der Waals surface area contributed by atoms with Crippen LogP contribution in [0.3, 0.4) is 0 Å². The van der Waals surface area contributed by atoms with E-state index in [2.05, 4.69) is 5.16 Å². The van der Waals surface area contributed by atoms with E-state index in [4.69, 9.17) is 9.62 Å². The fraction of sp³-hybridized carbons (Fsp3) is 0. The van der Waals surface area contributed by atoms with Crippen LogP contribution in [0.2, 0.25) is 0 Å². The van der Waals surface area contributed by atoms with Crippen LogP contribution in [-0.2, 0) is 4.79 Å². The van der Waals surface area contributed by atoms with Crippen LogP contribution in [0, 0.1) is 0 Å². The first-order valence-electron chi connectivity index (χ1n) is 2.52. The third kappa shape index (κ3) is 1.05. The second-order valence-corrected chi connectivity index (χ2v) is 1.53. The monoisotopic (exact) mass is 138 g/mol. The number of hydrogen-bond donors (Lipinski definition) is 1. The van der Waals surface area contributed by atoms with E-state index in [0.717, 1.165) is 0 Å². The minimum Gasteiger partial charge on any atom is -0.462 e. The van der Waals surface area contributed by atoms with Crippen molar-refractivity contribution in [1.29, 1.82) is 0 Å². The summed E-state index contributed by atoms with van der Waals surface area (Å²) in [5, 5.41) is 10.8. The number of hydrogen-bond acceptors (Lipinski definition) is 4. The molecule has 0 aromatic carbocycles. The van der Waals surface area contributed by atoms with Crippen LogP contribution >= 0.6 is 0 Å². The molecule has 0 amide bonds. The number of nitrogens with zero attached hydrogens (tertiary/aromatic N) is 1. The molecule has 0 fully saturated rings. The van der Waals surface area contributed by atoms with E-state index in [9.17, 15) is 4.79 Å². The molecule has 10 heavy (non-hydrogen) atoms. The highest BCUT2D eigenvalue weighted by atomic mass is 16.4. The zero-order chi connectivity index (χ0) is 7.40. The second kappa shape index (κ2) is 2.82. The highest BCUT2D eigenvalue weighted by Crippen LogP contribution is 1.99. The van der Waals surface area contributed by atoms with Gasteiger partial charge in [0.25, 0.3) is 6.29 Å². The zero-order valence-corrected chi connectivity index (χ0v) is 4.94. The minimum absolute atomic E-state index is 0.206. The lowest BCUT2D eigenvalue weighted by Gasteiger charge is -1.84. The van der Waals surface area contributed by atoms with Crippen LogP contribution in [0.4, 0.5) is 0 Å². The van der Waals surface area contributed by atoms with Crippen molar-refractivity contribution in [3.05, 3.63) is 24.2 Å². The van der Waals surface area contributed by atoms with Gasteiger partial charge >= 0.3 is 0 Å². The van der Waals surface area contributed by atoms with Crippen LogP contribution in [0.5, 0.6) is 0 Å². The van der Waals surface area contributed by atoms with Crippen LogP contribution < -0.4 is 0 Å². The molecule has 1 rings (SSSR count). The predicted octanol–water partition coefficient (Wildman–Crippen LogP) is 0.568. The van der Waals surface area contributed by atoms with E-state index >= 15 is 0 Å². The molecule has 1 N–H and O–H groups in total. The first-order chi connectivity index (χ1) is 4.88. The van der Waals surface area contributed by atoms with Gasteiger partial charge < -0.3 is 9.62 Å². The summed E-state index contributed by atoms with van der Waals surface area (Å²) in [5.41, 5.74) is -0.231. The Morgan fingerprint density at radius 3 is 3.00 bits per heavy atom. The number of carbonyl (C=O) groups excluding carboxylic acids is 1. The molecule has 0 aliphatic rings. The van der Waals surface area contributed by atoms with E-state index in [1.165, 1.54) is 18.6 Å². The van der Waals surface area contributed by atoms with Gasteiger partial charge in [-0.2, -0.15) is 0 Å². The van der Waals surface area contributed by atoms with Crippen LogP contribution in [0.25, 0.3) is 0 Å². The van der Waals surface area contributed by atoms with E-state index in [0.29, 0.717) is 0 Å². The average molecular weight is 138 g/mol. The van der Waals surface area contributed by atoms with Gasteiger partial charge in [0.05, 0.1) is 6.26 Å². The van der Waals surface area contributed by atoms with Gasteiger partial charge in [0, 0.05) is 0 Å². The standard InChI is InChI=1S/C6H4NO3/c8-4-5(7-9)6-2-1-3-10-6/h1-3,9H. The Bertz CT molecular complexity index is 238. The highest BCUT2D eigenvalue weighted by Gasteiger charge is 2.04. The molecule has 1 heterocycles. The van der Waals surface area contributed by atoms with Gasteiger partial charge in [-0.05, 0) is 12.1 Å². The van der Waals surface area contributed by atoms with Crippen LogP contribution in [-0.4, -0.2) is 17.2 Å². The molecule has 0 saturated heterocycles. The van der Waals surface area contributed by atoms with E-state index < -0.39 is 0 Å². The molecule has 1 aromatic heterocycles. The lowest BCUT2D eigenvalue weighted by molar-refractivity contribution is 0.319. The van der Waals surface area contributed by atoms with E-state index in [1.807, 2.05) is 0 Å². The molecule has 1 aromatic rings. The summed E-state index contributed by atoms with van der Waals surface area (Å²) in [6.45, 7) is 0. The van der Waals surface area contributed by atoms with Crippen molar-refractivity contribution in [3.8, 4) is 0 Å². The van der Waals surface area contributed by atoms with Crippen LogP contribution in [0.15, 0.2) is 28.0 Å². The quantitative estimate of drug-likeness (QED) is 0.369. The Morgan fingerprint density at radius 1 is 1.80 bits per heavy atom. The van der Waals surface area contributed by atoms with Gasteiger partial charge in [-0.15, -0.1) is 0 Å². The van der Waals surface area contributed by atoms with Crippen molar-refractivity contribution in [2.75, 3.05) is 0 Å². The topological polar surface area (TPSA) is 62.8 Å². The molecule has 4 nitrogen and oxygen atoms in total. The molecular formula is C6H4NO3. The van der Waals surface area contributed by atoms with Crippen molar-refractivity contribution < 1.29 is 14.4 Å². The largest absolute Gasteiger partial charge is 0.462 e. The maximum Gasteiger partial charge on any atom is 0.261 e. The van der Waals surface area contributed by atoms with Gasteiger partial charge in [-0.1, -0.05) is 5.16 Å². The lowest BCUT2D eigenvalue weighted by atomic mass is 10.3. The molecule has 51 valence electrons. The van der Waals surface area contributed by atoms with E-state index in [1.54, 1.807) is 6.07 Å². The van der Waals surface area contributed by atoms with E-state index in [-0.39, 0.29) is 11.5 Å². The van der Waals surface area contributed by atoms with Crippen molar-refractivity contribution >= 4 is 12.0 Å². The summed E-state index contributed by atoms with van der Waals surface area (Å²) >= 11 is 0. The van der Waals surface area contributed by atoms with Gasteiger partial charge in [0.1, 0.15) is 0 Å². The zero-order valence-electron chi connectivity index (χ0n) is 4.94. The Hall–Kier alpha value is -1.58. The Labute approximate surface area is 56.8 Å². The van der Waals surface area contributed by atoms with Crippen molar-refractivity contribution in [1.82, 2.24) is 0 Å². The number of furan rings is 1. The molecule has 0 atom stereocenters. The molecule has 1 radical (unpaired) electrons. The fourth-order valence-corrected chi connectivity index (χ4v) is 0.533. The van der Waals surface area contributed by atoms with Gasteiger partial charge in [-0.25, -0.2) is 0 Å². The maximum atomic E-state index is 9.96. The molecule has 0 spiro atoms. The number of rotatable bonds is 2. The van der Waals surface area contributed by atoms with Crippen LogP contribution in [0.1, 0.15) is 5.76 Å². The third-order valence-electron chi connectivity index (χ3n) is 0.951. The molecule has 0 saturated carbocycles. The minimum atomic E-state index is -0.231. The summed E-state index contributed by atoms with van der Waals surface area (Å²) in [4.78, 5) is 9.96. The fourth-order valence-electron chi connectivity index (χ4n) is 0.533. The summed E-state index contributed by atoms with van der Waals surface area (Å²) < 4.78 is 4.72. The molecule has 0 unspecified atom stereocenters. The Kier molecular flexibility index (Phi) is 1.84. The normalized spacial score (nSPS) is 11.4. The smallest absolute Gasteiger partial charge is 0.261 e. The van der Waals surface area contributed by atoms with Gasteiger partial charge in [0.2, 0.25) is 0 Å². The summed E-state index contributed by atoms with van der Waals surface area (Å²) in [7, 11) is 0. The van der Waals surface area contributed by atoms with Crippen molar-refractivity contribution in [2.24, 2.45) is 5.16 Å². The van der Waals surface area contributed by atoms with Gasteiger partial charge in [0.15, 0.2) is 11.5 Å². The summed E-state index contributed by atoms with van der Waals surface area (Å²) in [5.74, 6) is 0.206. The molecule has 4 heteroatoms. The first kappa shape index (κ1) is 6.54. The Morgan fingerprint density at radius 2 is 2.60 bits per heavy atom. The summed E-state index contributed by atoms with van der Waals surface area (Å²) in [6, 6.07) is 3.08. The maximum absolute atomic E-state index is 9.96. The summed E-state index contributed by atoms with van der Waals surface area (Å²) in [6.07, 6.45) is 2.78. The Balaban J connectivity index is 2.95. The highest BCUT2D eigenvalue weighted by molar-refractivity contribution is 6.35.